The Morgan fingerprint density at radius 3 is 2.59 bits per heavy atom. The Bertz CT molecular complexity index is 1160. The maximum Gasteiger partial charge on any atom is 0.259 e. The molecule has 1 N–H and O–H groups in total. The van der Waals surface area contributed by atoms with E-state index in [9.17, 15) is 4.79 Å². The highest BCUT2D eigenvalue weighted by Crippen LogP contribution is 2.26. The lowest BCUT2D eigenvalue weighted by Gasteiger charge is -2.16. The van der Waals surface area contributed by atoms with Gasteiger partial charge < -0.3 is 9.82 Å². The number of rotatable bonds is 5. The van der Waals surface area contributed by atoms with Gasteiger partial charge in [-0.3, -0.25) is 9.78 Å². The third kappa shape index (κ3) is 3.50. The van der Waals surface area contributed by atoms with Crippen LogP contribution in [-0.2, 0) is 0 Å². The Morgan fingerprint density at radius 1 is 1.07 bits per heavy atom. The molecule has 27 heavy (non-hydrogen) atoms. The van der Waals surface area contributed by atoms with Crippen molar-refractivity contribution in [2.45, 2.75) is 25.7 Å². The highest BCUT2D eigenvalue weighted by molar-refractivity contribution is 6.76. The van der Waals surface area contributed by atoms with Crippen molar-refractivity contribution in [3.63, 3.8) is 0 Å². The summed E-state index contributed by atoms with van der Waals surface area (Å²) in [5.41, 5.74) is 3.38. The predicted molar refractivity (Wildman–Crippen MR) is 111 cm³/mol. The molecular weight excluding hydrogens is 356 g/mol. The van der Waals surface area contributed by atoms with Gasteiger partial charge in [0.2, 0.25) is 0 Å². The average molecular weight is 379 g/mol. The van der Waals surface area contributed by atoms with Crippen LogP contribution in [0, 0.1) is 0 Å². The number of aromatic nitrogens is 4. The van der Waals surface area contributed by atoms with Crippen LogP contribution in [0.25, 0.3) is 32.9 Å². The standard InChI is InChI=1S/C20H22N4O2Si/c1-27(2,3)11-10-26-24-19-16-5-4-15(14-6-8-21-9-7-14)12-18(16)23-20(25)17(19)13-22-24/h4-9,12-13H,10-11H2,1-3H3,(H,23,25). The first-order valence-electron chi connectivity index (χ1n) is 9.00. The molecule has 3 aromatic heterocycles. The molecule has 6 nitrogen and oxygen atoms in total. The molecule has 0 aliphatic carbocycles. The molecular formula is C20H22N4O2Si. The van der Waals surface area contributed by atoms with Crippen LogP contribution >= 0.6 is 0 Å². The lowest BCUT2D eigenvalue weighted by Crippen LogP contribution is -2.25. The number of H-pyrrole nitrogens is 1. The van der Waals surface area contributed by atoms with Gasteiger partial charge in [-0.2, -0.15) is 0 Å². The minimum Gasteiger partial charge on any atom is -0.396 e. The van der Waals surface area contributed by atoms with Crippen molar-refractivity contribution in [3.8, 4) is 11.1 Å². The zero-order chi connectivity index (χ0) is 19.0. The van der Waals surface area contributed by atoms with Crippen LogP contribution in [0.4, 0.5) is 0 Å². The Balaban J connectivity index is 1.80. The van der Waals surface area contributed by atoms with Gasteiger partial charge in [0.05, 0.1) is 17.1 Å². The van der Waals surface area contributed by atoms with Gasteiger partial charge in [0.1, 0.15) is 12.1 Å². The summed E-state index contributed by atoms with van der Waals surface area (Å²) in [6.07, 6.45) is 5.08. The summed E-state index contributed by atoms with van der Waals surface area (Å²) in [5, 5.41) is 5.73. The third-order valence-electron chi connectivity index (χ3n) is 4.58. The van der Waals surface area contributed by atoms with E-state index in [-0.39, 0.29) is 5.56 Å². The van der Waals surface area contributed by atoms with Crippen LogP contribution in [-0.4, -0.2) is 34.6 Å². The van der Waals surface area contributed by atoms with Crippen molar-refractivity contribution in [2.75, 3.05) is 6.61 Å². The molecule has 0 fully saturated rings. The Kier molecular flexibility index (Phi) is 4.31. The number of nitrogens with one attached hydrogen (secondary N) is 1. The molecule has 0 spiro atoms. The topological polar surface area (TPSA) is 72.8 Å². The van der Waals surface area contributed by atoms with Crippen molar-refractivity contribution in [2.24, 2.45) is 0 Å². The minimum absolute atomic E-state index is 0.163. The van der Waals surface area contributed by atoms with E-state index in [0.717, 1.165) is 28.1 Å². The van der Waals surface area contributed by atoms with E-state index in [4.69, 9.17) is 4.84 Å². The maximum atomic E-state index is 12.5. The molecule has 0 saturated heterocycles. The minimum atomic E-state index is -1.21. The van der Waals surface area contributed by atoms with Crippen molar-refractivity contribution in [1.82, 2.24) is 19.9 Å². The molecule has 0 aliphatic heterocycles. The number of nitrogens with zero attached hydrogens (tertiary/aromatic N) is 3. The number of hydrogen-bond acceptors (Lipinski definition) is 4. The van der Waals surface area contributed by atoms with Gasteiger partial charge in [0, 0.05) is 25.9 Å². The number of hydrogen-bond donors (Lipinski definition) is 1. The van der Waals surface area contributed by atoms with E-state index >= 15 is 0 Å². The molecule has 7 heteroatoms. The molecule has 0 saturated carbocycles. The number of aromatic amines is 1. The molecule has 0 bridgehead atoms. The van der Waals surface area contributed by atoms with Crippen LogP contribution in [0.15, 0.2) is 53.7 Å². The van der Waals surface area contributed by atoms with Crippen LogP contribution in [0.3, 0.4) is 0 Å². The fourth-order valence-electron chi connectivity index (χ4n) is 3.05. The highest BCUT2D eigenvalue weighted by Gasteiger charge is 2.16. The second-order valence-corrected chi connectivity index (χ2v) is 13.5. The predicted octanol–water partition coefficient (Wildman–Crippen LogP) is 3.71. The van der Waals surface area contributed by atoms with Crippen LogP contribution < -0.4 is 10.4 Å². The van der Waals surface area contributed by atoms with Crippen molar-refractivity contribution in [3.05, 3.63) is 59.3 Å². The highest BCUT2D eigenvalue weighted by atomic mass is 28.3. The molecule has 0 amide bonds. The zero-order valence-electron chi connectivity index (χ0n) is 15.7. The second-order valence-electron chi connectivity index (χ2n) is 7.87. The summed E-state index contributed by atoms with van der Waals surface area (Å²) in [6.45, 7) is 7.50. The first-order chi connectivity index (χ1) is 12.9. The van der Waals surface area contributed by atoms with Gasteiger partial charge >= 0.3 is 0 Å². The third-order valence-corrected chi connectivity index (χ3v) is 6.29. The normalized spacial score (nSPS) is 12.0. The van der Waals surface area contributed by atoms with E-state index in [0.29, 0.717) is 17.5 Å². The van der Waals surface area contributed by atoms with E-state index < -0.39 is 8.07 Å². The molecule has 0 radical (unpaired) electrons. The average Bonchev–Trinajstić information content (AvgIpc) is 3.06. The van der Waals surface area contributed by atoms with Crippen LogP contribution in [0.1, 0.15) is 0 Å². The zero-order valence-corrected chi connectivity index (χ0v) is 16.7. The van der Waals surface area contributed by atoms with Crippen molar-refractivity contribution < 1.29 is 4.84 Å². The number of pyridine rings is 2. The SMILES string of the molecule is C[Si](C)(C)CCOn1ncc2c(=O)[nH]c3cc(-c4ccncc4)ccc3c21. The molecule has 3 heterocycles. The summed E-state index contributed by atoms with van der Waals surface area (Å²) >= 11 is 0. The van der Waals surface area contributed by atoms with Gasteiger partial charge in [-0.25, -0.2) is 0 Å². The molecule has 0 unspecified atom stereocenters. The van der Waals surface area contributed by atoms with Crippen LogP contribution in [0.2, 0.25) is 25.7 Å². The van der Waals surface area contributed by atoms with E-state index in [1.54, 1.807) is 18.6 Å². The monoisotopic (exact) mass is 378 g/mol. The van der Waals surface area contributed by atoms with E-state index in [1.807, 2.05) is 30.3 Å². The number of fused-ring (bicyclic) bond motifs is 3. The summed E-state index contributed by atoms with van der Waals surface area (Å²) in [6, 6.07) is 10.9. The summed E-state index contributed by atoms with van der Waals surface area (Å²) in [7, 11) is -1.21. The molecule has 0 aliphatic rings. The number of benzene rings is 1. The van der Waals surface area contributed by atoms with Crippen molar-refractivity contribution in [1.29, 1.82) is 0 Å². The van der Waals surface area contributed by atoms with Crippen molar-refractivity contribution >= 4 is 29.9 Å². The first-order valence-corrected chi connectivity index (χ1v) is 12.7. The Morgan fingerprint density at radius 2 is 1.85 bits per heavy atom. The van der Waals surface area contributed by atoms with Crippen LogP contribution in [0.5, 0.6) is 0 Å². The maximum absolute atomic E-state index is 12.5. The molecule has 1 aromatic carbocycles. The van der Waals surface area contributed by atoms with E-state index in [2.05, 4.69) is 34.7 Å². The molecule has 0 atom stereocenters. The van der Waals surface area contributed by atoms with Gasteiger partial charge in [0.15, 0.2) is 0 Å². The lowest BCUT2D eigenvalue weighted by atomic mass is 10.0. The van der Waals surface area contributed by atoms with Gasteiger partial charge in [-0.15, -0.1) is 5.10 Å². The molecule has 138 valence electrons. The first kappa shape index (κ1) is 17.5. The fourth-order valence-corrected chi connectivity index (χ4v) is 3.75. The molecule has 4 rings (SSSR count). The van der Waals surface area contributed by atoms with Gasteiger partial charge in [0.25, 0.3) is 5.56 Å². The van der Waals surface area contributed by atoms with E-state index in [1.165, 1.54) is 4.85 Å². The fraction of sp³-hybridized carbons (Fsp3) is 0.250. The quantitative estimate of drug-likeness (QED) is 0.537. The second kappa shape index (κ2) is 6.66. The van der Waals surface area contributed by atoms with Gasteiger partial charge in [-0.1, -0.05) is 30.6 Å². The largest absolute Gasteiger partial charge is 0.396 e. The summed E-state index contributed by atoms with van der Waals surface area (Å²) in [5.74, 6) is 0. The Labute approximate surface area is 157 Å². The lowest BCUT2D eigenvalue weighted by molar-refractivity contribution is 0.102. The smallest absolute Gasteiger partial charge is 0.259 e. The Hall–Kier alpha value is -2.93. The van der Waals surface area contributed by atoms with Gasteiger partial charge in [-0.05, 0) is 41.4 Å². The summed E-state index contributed by atoms with van der Waals surface area (Å²) in [4.78, 5) is 26.9. The summed E-state index contributed by atoms with van der Waals surface area (Å²) < 4.78 is 0. The molecule has 4 aromatic rings.